The summed E-state index contributed by atoms with van der Waals surface area (Å²) >= 11 is 0. The Kier molecular flexibility index (Phi) is 4.42. The Morgan fingerprint density at radius 3 is 2.75 bits per heavy atom. The van der Waals surface area contributed by atoms with Crippen molar-refractivity contribution < 1.29 is 9.53 Å². The molecule has 0 spiro atoms. The molecule has 0 aliphatic rings. The molecule has 0 saturated heterocycles. The van der Waals surface area contributed by atoms with Gasteiger partial charge in [-0.1, -0.05) is 0 Å². The molecule has 6 heteroatoms. The highest BCUT2D eigenvalue weighted by Gasteiger charge is 2.13. The highest BCUT2D eigenvalue weighted by atomic mass is 16.5. The number of rotatable bonds is 5. The molecule has 0 bridgehead atoms. The van der Waals surface area contributed by atoms with Crippen LogP contribution in [-0.4, -0.2) is 33.4 Å². The Balaban J connectivity index is 2.39. The number of hydrogen-bond acceptors (Lipinski definition) is 5. The highest BCUT2D eigenvalue weighted by Crippen LogP contribution is 2.06. The molecule has 0 saturated carbocycles. The van der Waals surface area contributed by atoms with Crippen molar-refractivity contribution in [2.75, 3.05) is 6.54 Å². The molecule has 0 fully saturated rings. The number of esters is 1. The first kappa shape index (κ1) is 12.6. The molecule has 1 unspecified atom stereocenters. The fourth-order valence-electron chi connectivity index (χ4n) is 1.32. The lowest BCUT2D eigenvalue weighted by Gasteiger charge is -2.13. The lowest BCUT2D eigenvalue weighted by Crippen LogP contribution is -2.30. The zero-order chi connectivity index (χ0) is 12.1. The summed E-state index contributed by atoms with van der Waals surface area (Å²) in [6, 6.07) is -0.0350. The molecule has 0 amide bonds. The number of carbonyl (C=O) groups excluding carboxylic acids is 1. The van der Waals surface area contributed by atoms with Gasteiger partial charge in [-0.2, -0.15) is 0 Å². The first-order chi connectivity index (χ1) is 7.50. The zero-order valence-corrected chi connectivity index (χ0v) is 10.1. The van der Waals surface area contributed by atoms with E-state index in [4.69, 9.17) is 4.74 Å². The van der Waals surface area contributed by atoms with E-state index in [1.807, 2.05) is 32.4 Å². The predicted octanol–water partition coefficient (Wildman–Crippen LogP) is 0.417. The zero-order valence-electron chi connectivity index (χ0n) is 10.1. The minimum absolute atomic E-state index is 0.0350. The maximum Gasteiger partial charge on any atom is 0.320 e. The summed E-state index contributed by atoms with van der Waals surface area (Å²) in [7, 11) is 1.86. The first-order valence-corrected chi connectivity index (χ1v) is 5.27. The Bertz CT molecular complexity index is 348. The van der Waals surface area contributed by atoms with Crippen molar-refractivity contribution in [3.63, 3.8) is 0 Å². The van der Waals surface area contributed by atoms with E-state index in [0.717, 1.165) is 5.82 Å². The number of hydrogen-bond donors (Lipinski definition) is 1. The van der Waals surface area contributed by atoms with Crippen molar-refractivity contribution in [1.82, 2.24) is 20.1 Å². The number of aryl methyl sites for hydroxylation is 1. The van der Waals surface area contributed by atoms with Crippen molar-refractivity contribution >= 4 is 5.97 Å². The van der Waals surface area contributed by atoms with Gasteiger partial charge < -0.3 is 9.30 Å². The molecule has 1 rings (SSSR count). The van der Waals surface area contributed by atoms with E-state index >= 15 is 0 Å². The normalized spacial score (nSPS) is 12.8. The summed E-state index contributed by atoms with van der Waals surface area (Å²) in [6.45, 7) is 5.74. The standard InChI is InChI=1S/C10H18N4O2/c1-7(2)16-9(15)5-11-8(3)10-13-12-6-14(10)4/h6-8,11H,5H2,1-4H3. The number of nitrogens with one attached hydrogen (secondary N) is 1. The third kappa shape index (κ3) is 3.62. The van der Waals surface area contributed by atoms with Gasteiger partial charge in [-0.25, -0.2) is 0 Å². The number of carbonyl (C=O) groups is 1. The van der Waals surface area contributed by atoms with Crippen LogP contribution in [0.25, 0.3) is 0 Å². The second-order valence-electron chi connectivity index (χ2n) is 3.94. The largest absolute Gasteiger partial charge is 0.462 e. The molecule has 90 valence electrons. The predicted molar refractivity (Wildman–Crippen MR) is 58.6 cm³/mol. The minimum Gasteiger partial charge on any atom is -0.462 e. The van der Waals surface area contributed by atoms with Crippen molar-refractivity contribution in [1.29, 1.82) is 0 Å². The van der Waals surface area contributed by atoms with E-state index in [9.17, 15) is 4.79 Å². The molecule has 16 heavy (non-hydrogen) atoms. The van der Waals surface area contributed by atoms with Crippen molar-refractivity contribution in [3.8, 4) is 0 Å². The minimum atomic E-state index is -0.260. The number of ether oxygens (including phenoxy) is 1. The van der Waals surface area contributed by atoms with E-state index in [0.29, 0.717) is 0 Å². The van der Waals surface area contributed by atoms with Crippen LogP contribution in [0.2, 0.25) is 0 Å². The average molecular weight is 226 g/mol. The molecule has 0 aliphatic heterocycles. The Morgan fingerprint density at radius 1 is 1.56 bits per heavy atom. The topological polar surface area (TPSA) is 69.0 Å². The quantitative estimate of drug-likeness (QED) is 0.737. The van der Waals surface area contributed by atoms with Crippen LogP contribution in [0.15, 0.2) is 6.33 Å². The Hall–Kier alpha value is -1.43. The van der Waals surface area contributed by atoms with Crippen LogP contribution in [-0.2, 0) is 16.6 Å². The fourth-order valence-corrected chi connectivity index (χ4v) is 1.32. The van der Waals surface area contributed by atoms with Gasteiger partial charge in [0.15, 0.2) is 0 Å². The van der Waals surface area contributed by atoms with Crippen molar-refractivity contribution in [2.24, 2.45) is 7.05 Å². The van der Waals surface area contributed by atoms with Crippen LogP contribution in [0, 0.1) is 0 Å². The van der Waals surface area contributed by atoms with Crippen LogP contribution < -0.4 is 5.32 Å². The molecule has 1 atom stereocenters. The van der Waals surface area contributed by atoms with Gasteiger partial charge in [0.1, 0.15) is 12.2 Å². The molecule has 1 aromatic rings. The average Bonchev–Trinajstić information content (AvgIpc) is 2.60. The van der Waals surface area contributed by atoms with Gasteiger partial charge in [-0.3, -0.25) is 10.1 Å². The second-order valence-corrected chi connectivity index (χ2v) is 3.94. The summed E-state index contributed by atoms with van der Waals surface area (Å²) in [4.78, 5) is 11.3. The Morgan fingerprint density at radius 2 is 2.25 bits per heavy atom. The molecule has 0 aliphatic carbocycles. The molecule has 0 radical (unpaired) electrons. The fraction of sp³-hybridized carbons (Fsp3) is 0.700. The lowest BCUT2D eigenvalue weighted by molar-refractivity contribution is -0.146. The number of nitrogens with zero attached hydrogens (tertiary/aromatic N) is 3. The van der Waals surface area contributed by atoms with E-state index < -0.39 is 0 Å². The first-order valence-electron chi connectivity index (χ1n) is 5.27. The van der Waals surface area contributed by atoms with Crippen LogP contribution in [0.5, 0.6) is 0 Å². The number of aromatic nitrogens is 3. The van der Waals surface area contributed by atoms with Gasteiger partial charge in [0.05, 0.1) is 18.7 Å². The molecule has 1 N–H and O–H groups in total. The maximum absolute atomic E-state index is 11.3. The summed E-state index contributed by atoms with van der Waals surface area (Å²) in [5, 5.41) is 10.8. The molecular formula is C10H18N4O2. The molecule has 6 nitrogen and oxygen atoms in total. The summed E-state index contributed by atoms with van der Waals surface area (Å²) in [5.74, 6) is 0.529. The molecular weight excluding hydrogens is 208 g/mol. The molecule has 1 heterocycles. The Labute approximate surface area is 95.0 Å². The lowest BCUT2D eigenvalue weighted by atomic mass is 10.3. The van der Waals surface area contributed by atoms with Crippen molar-refractivity contribution in [3.05, 3.63) is 12.2 Å². The van der Waals surface area contributed by atoms with E-state index in [1.165, 1.54) is 0 Å². The van der Waals surface area contributed by atoms with Crippen LogP contribution >= 0.6 is 0 Å². The van der Waals surface area contributed by atoms with Crippen LogP contribution in [0.4, 0.5) is 0 Å². The van der Waals surface area contributed by atoms with Crippen molar-refractivity contribution in [2.45, 2.75) is 32.9 Å². The monoisotopic (exact) mass is 226 g/mol. The summed E-state index contributed by atoms with van der Waals surface area (Å²) in [5.41, 5.74) is 0. The van der Waals surface area contributed by atoms with Crippen LogP contribution in [0.1, 0.15) is 32.6 Å². The molecule has 0 aromatic carbocycles. The van der Waals surface area contributed by atoms with Gasteiger partial charge in [-0.15, -0.1) is 10.2 Å². The van der Waals surface area contributed by atoms with Gasteiger partial charge in [0.2, 0.25) is 0 Å². The van der Waals surface area contributed by atoms with Gasteiger partial charge in [-0.05, 0) is 20.8 Å². The van der Waals surface area contributed by atoms with E-state index in [-0.39, 0.29) is 24.7 Å². The summed E-state index contributed by atoms with van der Waals surface area (Å²) in [6.07, 6.45) is 1.54. The van der Waals surface area contributed by atoms with E-state index in [2.05, 4.69) is 15.5 Å². The maximum atomic E-state index is 11.3. The second kappa shape index (κ2) is 5.60. The highest BCUT2D eigenvalue weighted by molar-refractivity contribution is 5.71. The smallest absolute Gasteiger partial charge is 0.320 e. The third-order valence-corrected chi connectivity index (χ3v) is 2.05. The summed E-state index contributed by atoms with van der Waals surface area (Å²) < 4.78 is 6.81. The van der Waals surface area contributed by atoms with Crippen LogP contribution in [0.3, 0.4) is 0 Å². The SMILES string of the molecule is CC(C)OC(=O)CNC(C)c1nncn1C. The van der Waals surface area contributed by atoms with Gasteiger partial charge in [0, 0.05) is 7.05 Å². The third-order valence-electron chi connectivity index (χ3n) is 2.05. The van der Waals surface area contributed by atoms with E-state index in [1.54, 1.807) is 6.33 Å². The van der Waals surface area contributed by atoms with Gasteiger partial charge in [0.25, 0.3) is 0 Å². The molecule has 1 aromatic heterocycles. The van der Waals surface area contributed by atoms with Gasteiger partial charge >= 0.3 is 5.97 Å².